The van der Waals surface area contributed by atoms with Crippen molar-refractivity contribution in [3.05, 3.63) is 61.5 Å². The van der Waals surface area contributed by atoms with Crippen molar-refractivity contribution < 1.29 is 14.5 Å². The van der Waals surface area contributed by atoms with Crippen molar-refractivity contribution >= 4 is 28.9 Å². The van der Waals surface area contributed by atoms with E-state index < -0.39 is 16.4 Å². The Balaban J connectivity index is 2.26. The monoisotopic (exact) mass is 351 g/mol. The molecule has 1 aromatic heterocycles. The maximum Gasteiger partial charge on any atom is 0.286 e. The summed E-state index contributed by atoms with van der Waals surface area (Å²) in [5, 5.41) is 13.8. The minimum absolute atomic E-state index is 0.178. The molecule has 0 bridgehead atoms. The number of nitrogens with zero attached hydrogens (tertiary/aromatic N) is 2. The summed E-state index contributed by atoms with van der Waals surface area (Å²) in [7, 11) is 1.44. The topological polar surface area (TPSA) is 103 Å². The van der Waals surface area contributed by atoms with Crippen LogP contribution in [0.15, 0.2) is 35.3 Å². The highest BCUT2D eigenvalue weighted by Gasteiger charge is 2.15. The number of hydrogen-bond donors (Lipinski definition) is 1. The second kappa shape index (κ2) is 7.14. The lowest BCUT2D eigenvalue weighted by molar-refractivity contribution is -0.385. The van der Waals surface area contributed by atoms with Crippen molar-refractivity contribution in [2.24, 2.45) is 0 Å². The van der Waals surface area contributed by atoms with Crippen LogP contribution in [0.1, 0.15) is 5.56 Å². The summed E-state index contributed by atoms with van der Waals surface area (Å²) in [4.78, 5) is 34.4. The Labute approximate surface area is 141 Å². The zero-order valence-corrected chi connectivity index (χ0v) is 13.7. The molecule has 1 aromatic carbocycles. The molecule has 1 amide bonds. The molecule has 0 fully saturated rings. The molecule has 9 heteroatoms. The zero-order valence-electron chi connectivity index (χ0n) is 12.9. The van der Waals surface area contributed by atoms with Crippen molar-refractivity contribution in [1.29, 1.82) is 0 Å². The molecule has 0 atom stereocenters. The highest BCUT2D eigenvalue weighted by Crippen LogP contribution is 2.27. The quantitative estimate of drug-likeness (QED) is 0.657. The van der Waals surface area contributed by atoms with Gasteiger partial charge in [-0.15, -0.1) is 0 Å². The molecule has 0 aliphatic carbocycles. The van der Waals surface area contributed by atoms with E-state index in [-0.39, 0.29) is 17.8 Å². The number of carbonyl (C=O) groups excluding carboxylic acids is 1. The lowest BCUT2D eigenvalue weighted by atomic mass is 10.2. The van der Waals surface area contributed by atoms with Gasteiger partial charge < -0.3 is 10.1 Å². The fraction of sp³-hybridized carbons (Fsp3) is 0.200. The lowest BCUT2D eigenvalue weighted by Crippen LogP contribution is -2.28. The van der Waals surface area contributed by atoms with E-state index in [1.54, 1.807) is 12.1 Å². The van der Waals surface area contributed by atoms with Gasteiger partial charge in [-0.05, 0) is 25.1 Å². The summed E-state index contributed by atoms with van der Waals surface area (Å²) >= 11 is 5.88. The van der Waals surface area contributed by atoms with Crippen molar-refractivity contribution in [1.82, 2.24) is 4.57 Å². The summed E-state index contributed by atoms with van der Waals surface area (Å²) in [6, 6.07) is 5.85. The first-order valence-electron chi connectivity index (χ1n) is 6.80. The molecule has 0 aliphatic heterocycles. The third kappa shape index (κ3) is 3.90. The molecule has 8 nitrogen and oxygen atoms in total. The van der Waals surface area contributed by atoms with E-state index in [0.29, 0.717) is 16.5 Å². The molecule has 0 saturated heterocycles. The predicted molar refractivity (Wildman–Crippen MR) is 88.7 cm³/mol. The van der Waals surface area contributed by atoms with E-state index in [2.05, 4.69) is 5.32 Å². The van der Waals surface area contributed by atoms with Crippen LogP contribution in [0.2, 0.25) is 5.02 Å². The molecule has 0 spiro atoms. The van der Waals surface area contributed by atoms with Gasteiger partial charge in [0.1, 0.15) is 12.3 Å². The molecule has 0 saturated carbocycles. The van der Waals surface area contributed by atoms with Crippen LogP contribution in [0.5, 0.6) is 5.75 Å². The SMILES string of the molecule is COc1ccc(Cl)cc1NC(=O)Cn1cc([N+](=O)[O-])cc(C)c1=O. The molecule has 0 radical (unpaired) electrons. The van der Waals surface area contributed by atoms with Gasteiger partial charge in [0.25, 0.3) is 11.2 Å². The minimum Gasteiger partial charge on any atom is -0.495 e. The Hall–Kier alpha value is -2.87. The van der Waals surface area contributed by atoms with Gasteiger partial charge in [-0.25, -0.2) is 0 Å². The second-order valence-corrected chi connectivity index (χ2v) is 5.40. The maximum absolute atomic E-state index is 12.2. The smallest absolute Gasteiger partial charge is 0.286 e. The van der Waals surface area contributed by atoms with Gasteiger partial charge in [0.2, 0.25) is 5.91 Å². The summed E-state index contributed by atoms with van der Waals surface area (Å²) in [6.07, 6.45) is 1.03. The first-order chi connectivity index (χ1) is 11.3. The van der Waals surface area contributed by atoms with Crippen LogP contribution in [-0.4, -0.2) is 22.5 Å². The van der Waals surface area contributed by atoms with Crippen molar-refractivity contribution in [2.45, 2.75) is 13.5 Å². The van der Waals surface area contributed by atoms with Crippen molar-refractivity contribution in [2.75, 3.05) is 12.4 Å². The molecular weight excluding hydrogens is 338 g/mol. The Morgan fingerprint density at radius 3 is 2.75 bits per heavy atom. The van der Waals surface area contributed by atoms with E-state index in [0.717, 1.165) is 16.8 Å². The first kappa shape index (κ1) is 17.5. The summed E-state index contributed by atoms with van der Waals surface area (Å²) in [5.74, 6) is -0.145. The van der Waals surface area contributed by atoms with Crippen LogP contribution in [-0.2, 0) is 11.3 Å². The molecule has 1 heterocycles. The number of ether oxygens (including phenoxy) is 1. The van der Waals surface area contributed by atoms with Crippen LogP contribution in [0.25, 0.3) is 0 Å². The molecular formula is C15H14ClN3O5. The van der Waals surface area contributed by atoms with Gasteiger partial charge in [0, 0.05) is 16.7 Å². The van der Waals surface area contributed by atoms with Crippen LogP contribution in [0.3, 0.4) is 0 Å². The number of benzene rings is 1. The lowest BCUT2D eigenvalue weighted by Gasteiger charge is -2.11. The molecule has 126 valence electrons. The van der Waals surface area contributed by atoms with Crippen LogP contribution < -0.4 is 15.6 Å². The minimum atomic E-state index is -0.624. The van der Waals surface area contributed by atoms with E-state index >= 15 is 0 Å². The van der Waals surface area contributed by atoms with Gasteiger partial charge >= 0.3 is 0 Å². The normalized spacial score (nSPS) is 10.3. The second-order valence-electron chi connectivity index (χ2n) is 4.96. The number of nitro groups is 1. The van der Waals surface area contributed by atoms with E-state index in [4.69, 9.17) is 16.3 Å². The van der Waals surface area contributed by atoms with E-state index in [9.17, 15) is 19.7 Å². The molecule has 2 rings (SSSR count). The van der Waals surface area contributed by atoms with Crippen LogP contribution in [0.4, 0.5) is 11.4 Å². The maximum atomic E-state index is 12.2. The largest absolute Gasteiger partial charge is 0.495 e. The fourth-order valence-corrected chi connectivity index (χ4v) is 2.28. The number of methoxy groups -OCH3 is 1. The van der Waals surface area contributed by atoms with Crippen LogP contribution in [0, 0.1) is 17.0 Å². The highest BCUT2D eigenvalue weighted by atomic mass is 35.5. The number of carbonyl (C=O) groups is 1. The first-order valence-corrected chi connectivity index (χ1v) is 7.18. The number of aryl methyl sites for hydroxylation is 1. The number of anilines is 1. The number of hydrogen-bond acceptors (Lipinski definition) is 5. The summed E-state index contributed by atoms with van der Waals surface area (Å²) in [5.41, 5.74) is -0.225. The van der Waals surface area contributed by atoms with E-state index in [1.165, 1.54) is 20.1 Å². The Kier molecular flexibility index (Phi) is 5.20. The number of halogens is 1. The molecule has 2 aromatic rings. The van der Waals surface area contributed by atoms with Gasteiger partial charge in [-0.3, -0.25) is 24.3 Å². The Morgan fingerprint density at radius 1 is 1.42 bits per heavy atom. The van der Waals surface area contributed by atoms with Gasteiger partial charge in [-0.1, -0.05) is 11.6 Å². The third-order valence-electron chi connectivity index (χ3n) is 3.21. The van der Waals surface area contributed by atoms with Crippen molar-refractivity contribution in [3.63, 3.8) is 0 Å². The Bertz CT molecular complexity index is 863. The fourth-order valence-electron chi connectivity index (χ4n) is 2.11. The number of amides is 1. The van der Waals surface area contributed by atoms with Gasteiger partial charge in [0.15, 0.2) is 0 Å². The number of rotatable bonds is 5. The summed E-state index contributed by atoms with van der Waals surface area (Å²) < 4.78 is 6.10. The average molecular weight is 352 g/mol. The summed E-state index contributed by atoms with van der Waals surface area (Å²) in [6.45, 7) is 1.07. The molecule has 24 heavy (non-hydrogen) atoms. The highest BCUT2D eigenvalue weighted by molar-refractivity contribution is 6.31. The predicted octanol–water partition coefficient (Wildman–Crippen LogP) is 2.37. The number of aromatic nitrogens is 1. The zero-order chi connectivity index (χ0) is 17.9. The van der Waals surface area contributed by atoms with Gasteiger partial charge in [-0.2, -0.15) is 0 Å². The third-order valence-corrected chi connectivity index (χ3v) is 3.45. The standard InChI is InChI=1S/C15H14ClN3O5/c1-9-5-11(19(22)23)7-18(15(9)21)8-14(20)17-12-6-10(16)3-4-13(12)24-2/h3-7H,8H2,1-2H3,(H,17,20). The molecule has 0 unspecified atom stereocenters. The van der Waals surface area contributed by atoms with E-state index in [1.807, 2.05) is 0 Å². The van der Waals surface area contributed by atoms with Gasteiger partial charge in [0.05, 0.1) is 23.9 Å². The van der Waals surface area contributed by atoms with Crippen molar-refractivity contribution in [3.8, 4) is 5.75 Å². The number of nitrogens with one attached hydrogen (secondary N) is 1. The number of pyridine rings is 1. The average Bonchev–Trinajstić information content (AvgIpc) is 2.51. The molecule has 1 N–H and O–H groups in total. The van der Waals surface area contributed by atoms with Crippen LogP contribution >= 0.6 is 11.6 Å². The molecule has 0 aliphatic rings. The Morgan fingerprint density at radius 2 is 2.12 bits per heavy atom.